The van der Waals surface area contributed by atoms with Gasteiger partial charge in [-0.15, -0.1) is 0 Å². The molecule has 0 atom stereocenters. The van der Waals surface area contributed by atoms with Crippen molar-refractivity contribution in [3.63, 3.8) is 0 Å². The van der Waals surface area contributed by atoms with Gasteiger partial charge in [0.05, 0.1) is 13.4 Å². The van der Waals surface area contributed by atoms with Gasteiger partial charge in [0.2, 0.25) is 0 Å². The van der Waals surface area contributed by atoms with E-state index in [4.69, 9.17) is 13.6 Å². The summed E-state index contributed by atoms with van der Waals surface area (Å²) in [4.78, 5) is 0. The van der Waals surface area contributed by atoms with Crippen LogP contribution in [0.1, 0.15) is 33.4 Å². The van der Waals surface area contributed by atoms with E-state index in [2.05, 4.69) is 47.8 Å². The smallest absolute Gasteiger partial charge is 0.384 e. The normalized spacial score (nSPS) is 11.4. The number of rotatable bonds is 6. The maximum absolute atomic E-state index is 14.2. The molecule has 0 unspecified atom stereocenters. The highest BCUT2D eigenvalue weighted by molar-refractivity contribution is 9.11. The van der Waals surface area contributed by atoms with Crippen molar-refractivity contribution < 1.29 is 18.1 Å². The maximum atomic E-state index is 14.2. The molecule has 0 saturated carbocycles. The lowest BCUT2D eigenvalue weighted by Crippen LogP contribution is -2.11. The van der Waals surface area contributed by atoms with E-state index in [-0.39, 0.29) is 0 Å². The minimum atomic E-state index is -4.20. The van der Waals surface area contributed by atoms with Crippen LogP contribution in [-0.2, 0) is 4.57 Å². The number of aryl methyl sites for hydroxylation is 3. The van der Waals surface area contributed by atoms with Gasteiger partial charge in [-0.1, -0.05) is 18.2 Å². The molecule has 0 radical (unpaired) electrons. The van der Waals surface area contributed by atoms with Gasteiger partial charge < -0.3 is 13.6 Å². The second kappa shape index (κ2) is 9.92. The monoisotopic (exact) mass is 644 g/mol. The Balaban J connectivity index is 2.16. The van der Waals surface area contributed by atoms with Crippen molar-refractivity contribution in [1.29, 1.82) is 0 Å². The van der Waals surface area contributed by atoms with Gasteiger partial charge in [0.15, 0.2) is 17.2 Å². The van der Waals surface area contributed by atoms with Gasteiger partial charge in [-0.3, -0.25) is 0 Å². The van der Waals surface area contributed by atoms with E-state index in [9.17, 15) is 4.57 Å². The SMILES string of the molecule is Cc1ccc(Br)c(OP(=O)(Oc2c(Br)ccc(C)c2C)Oc2c(Br)ccc(C)c2C)c1C. The van der Waals surface area contributed by atoms with Crippen molar-refractivity contribution in [1.82, 2.24) is 0 Å². The highest BCUT2D eigenvalue weighted by Crippen LogP contribution is 2.55. The Morgan fingerprint density at radius 1 is 0.531 bits per heavy atom. The van der Waals surface area contributed by atoms with Crippen molar-refractivity contribution in [2.24, 2.45) is 0 Å². The molecule has 3 aromatic carbocycles. The third-order valence-corrected chi connectivity index (χ3v) is 8.59. The number of phosphoric ester groups is 1. The van der Waals surface area contributed by atoms with Gasteiger partial charge in [0, 0.05) is 0 Å². The number of halogens is 3. The average molecular weight is 647 g/mol. The van der Waals surface area contributed by atoms with Crippen LogP contribution in [0, 0.1) is 41.5 Å². The lowest BCUT2D eigenvalue weighted by atomic mass is 10.1. The van der Waals surface area contributed by atoms with Crippen LogP contribution in [-0.4, -0.2) is 0 Å². The molecule has 0 fully saturated rings. The van der Waals surface area contributed by atoms with Gasteiger partial charge in [0.1, 0.15) is 0 Å². The Morgan fingerprint density at radius 2 is 0.781 bits per heavy atom. The first-order valence-electron chi connectivity index (χ1n) is 9.89. The summed E-state index contributed by atoms with van der Waals surface area (Å²) in [6, 6.07) is 11.4. The van der Waals surface area contributed by atoms with E-state index in [0.717, 1.165) is 33.4 Å². The second-order valence-corrected chi connectivity index (χ2v) is 11.7. The van der Waals surface area contributed by atoms with Crippen molar-refractivity contribution in [2.45, 2.75) is 41.5 Å². The summed E-state index contributed by atoms with van der Waals surface area (Å²) in [6.45, 7) is 11.6. The summed E-state index contributed by atoms with van der Waals surface area (Å²) >= 11 is 10.5. The number of hydrogen-bond acceptors (Lipinski definition) is 4. The summed E-state index contributed by atoms with van der Waals surface area (Å²) in [5.74, 6) is 1.24. The average Bonchev–Trinajstić information content (AvgIpc) is 2.75. The summed E-state index contributed by atoms with van der Waals surface area (Å²) in [6.07, 6.45) is 0. The first-order chi connectivity index (χ1) is 14.9. The molecule has 0 N–H and O–H groups in total. The highest BCUT2D eigenvalue weighted by Gasteiger charge is 2.37. The van der Waals surface area contributed by atoms with Crippen LogP contribution < -0.4 is 13.6 Å². The molecule has 0 heterocycles. The lowest BCUT2D eigenvalue weighted by molar-refractivity contribution is 0.294. The molecule has 3 rings (SSSR count). The molecular formula is C24H24Br3O4P. The Kier molecular flexibility index (Phi) is 7.86. The molecule has 8 heteroatoms. The fraction of sp³-hybridized carbons (Fsp3) is 0.250. The zero-order valence-electron chi connectivity index (χ0n) is 18.7. The number of benzene rings is 3. The Labute approximate surface area is 214 Å². The topological polar surface area (TPSA) is 44.8 Å². The van der Waals surface area contributed by atoms with Crippen LogP contribution in [0.15, 0.2) is 49.8 Å². The van der Waals surface area contributed by atoms with Crippen molar-refractivity contribution in [3.05, 3.63) is 83.2 Å². The minimum Gasteiger partial charge on any atom is -0.384 e. The van der Waals surface area contributed by atoms with Crippen LogP contribution in [0.4, 0.5) is 0 Å². The zero-order chi connectivity index (χ0) is 23.8. The third kappa shape index (κ3) is 5.27. The molecule has 32 heavy (non-hydrogen) atoms. The molecule has 170 valence electrons. The molecule has 0 aromatic heterocycles. The molecular weight excluding hydrogens is 623 g/mol. The van der Waals surface area contributed by atoms with E-state index in [1.807, 2.05) is 77.9 Å². The van der Waals surface area contributed by atoms with Crippen molar-refractivity contribution >= 4 is 55.6 Å². The van der Waals surface area contributed by atoms with E-state index in [1.165, 1.54) is 0 Å². The molecule has 3 aromatic rings. The maximum Gasteiger partial charge on any atom is 0.647 e. The molecule has 0 aliphatic rings. The van der Waals surface area contributed by atoms with Gasteiger partial charge in [0.25, 0.3) is 0 Å². The van der Waals surface area contributed by atoms with Gasteiger partial charge >= 0.3 is 7.82 Å². The van der Waals surface area contributed by atoms with E-state index in [0.29, 0.717) is 30.7 Å². The van der Waals surface area contributed by atoms with Crippen LogP contribution in [0.3, 0.4) is 0 Å². The minimum absolute atomic E-state index is 0.413. The predicted molar refractivity (Wildman–Crippen MR) is 140 cm³/mol. The molecule has 4 nitrogen and oxygen atoms in total. The van der Waals surface area contributed by atoms with Crippen molar-refractivity contribution in [3.8, 4) is 17.2 Å². The van der Waals surface area contributed by atoms with Gasteiger partial charge in [-0.2, -0.15) is 4.57 Å². The molecule has 0 aliphatic heterocycles. The fourth-order valence-corrected chi connectivity index (χ4v) is 6.39. The van der Waals surface area contributed by atoms with E-state index in [1.54, 1.807) is 0 Å². The van der Waals surface area contributed by atoms with Crippen molar-refractivity contribution in [2.75, 3.05) is 0 Å². The molecule has 0 amide bonds. The largest absolute Gasteiger partial charge is 0.647 e. The number of hydrogen-bond donors (Lipinski definition) is 0. The second-order valence-electron chi connectivity index (χ2n) is 7.68. The van der Waals surface area contributed by atoms with Crippen LogP contribution in [0.5, 0.6) is 17.2 Å². The van der Waals surface area contributed by atoms with E-state index >= 15 is 0 Å². The predicted octanol–water partition coefficient (Wildman–Crippen LogP) is 9.47. The summed E-state index contributed by atoms with van der Waals surface area (Å²) in [7, 11) is -4.20. The van der Waals surface area contributed by atoms with Crippen LogP contribution >= 0.6 is 55.6 Å². The highest BCUT2D eigenvalue weighted by atomic mass is 79.9. The first kappa shape index (κ1) is 25.4. The van der Waals surface area contributed by atoms with Gasteiger partial charge in [-0.05, 0) is 141 Å². The van der Waals surface area contributed by atoms with Gasteiger partial charge in [-0.25, -0.2) is 0 Å². The molecule has 0 spiro atoms. The fourth-order valence-electron chi connectivity index (χ4n) is 3.00. The zero-order valence-corrected chi connectivity index (χ0v) is 24.3. The summed E-state index contributed by atoms with van der Waals surface area (Å²) in [5.41, 5.74) is 5.51. The lowest BCUT2D eigenvalue weighted by Gasteiger charge is -2.24. The third-order valence-electron chi connectivity index (χ3n) is 5.50. The summed E-state index contributed by atoms with van der Waals surface area (Å²) < 4.78 is 34.4. The van der Waals surface area contributed by atoms with E-state index < -0.39 is 7.82 Å². The first-order valence-corrected chi connectivity index (χ1v) is 13.7. The van der Waals surface area contributed by atoms with Crippen LogP contribution in [0.25, 0.3) is 0 Å². The Morgan fingerprint density at radius 3 is 1.03 bits per heavy atom. The van der Waals surface area contributed by atoms with Crippen LogP contribution in [0.2, 0.25) is 0 Å². The Hall–Kier alpha value is -1.27. The Bertz CT molecular complexity index is 1090. The molecule has 0 aliphatic carbocycles. The number of phosphoric acid groups is 1. The summed E-state index contributed by atoms with van der Waals surface area (Å²) in [5, 5.41) is 0. The quantitative estimate of drug-likeness (QED) is 0.250. The molecule has 0 saturated heterocycles. The molecule has 0 bridgehead atoms. The standard InChI is InChI=1S/C24H24Br3O4P/c1-13-7-10-19(25)22(16(13)4)29-32(28,30-23-17(5)14(2)8-11-20(23)26)31-24-18(6)15(3)9-12-21(24)27/h7-12H,1-6H3.